The summed E-state index contributed by atoms with van der Waals surface area (Å²) in [6.45, 7) is 6.62. The molecule has 2 aliphatic rings. The summed E-state index contributed by atoms with van der Waals surface area (Å²) in [6, 6.07) is 18.5. The summed E-state index contributed by atoms with van der Waals surface area (Å²) < 4.78 is 6.01. The highest BCUT2D eigenvalue weighted by atomic mass is 16.5. The highest BCUT2D eigenvalue weighted by Gasteiger charge is 2.37. The zero-order valence-corrected chi connectivity index (χ0v) is 16.7. The first-order valence-corrected chi connectivity index (χ1v) is 10.7. The predicted molar refractivity (Wildman–Crippen MR) is 112 cm³/mol. The van der Waals surface area contributed by atoms with E-state index in [9.17, 15) is 5.11 Å². The topological polar surface area (TPSA) is 35.9 Å². The van der Waals surface area contributed by atoms with Crippen LogP contribution in [0.25, 0.3) is 0 Å². The Bertz CT molecular complexity index is 745. The van der Waals surface area contributed by atoms with Gasteiger partial charge in [-0.05, 0) is 55.6 Å². The van der Waals surface area contributed by atoms with Crippen LogP contribution in [0.15, 0.2) is 54.6 Å². The van der Waals surface area contributed by atoms with Gasteiger partial charge in [0.05, 0.1) is 0 Å². The van der Waals surface area contributed by atoms with Crippen molar-refractivity contribution in [3.05, 3.63) is 65.7 Å². The molecule has 4 rings (SSSR count). The van der Waals surface area contributed by atoms with E-state index in [0.29, 0.717) is 6.54 Å². The van der Waals surface area contributed by atoms with Crippen molar-refractivity contribution in [1.29, 1.82) is 0 Å². The second-order valence-electron chi connectivity index (χ2n) is 8.26. The Hall–Kier alpha value is -1.88. The van der Waals surface area contributed by atoms with Crippen LogP contribution in [0.1, 0.15) is 36.8 Å². The number of piperidine rings is 1. The van der Waals surface area contributed by atoms with Gasteiger partial charge in [0, 0.05) is 26.2 Å². The molecule has 2 aromatic carbocycles. The molecule has 4 heteroatoms. The molecule has 0 amide bonds. The Kier molecular flexibility index (Phi) is 6.30. The van der Waals surface area contributed by atoms with Crippen LogP contribution in [0, 0.1) is 0 Å². The predicted octanol–water partition coefficient (Wildman–Crippen LogP) is 3.64. The molecule has 0 spiro atoms. The molecule has 2 aromatic rings. The molecular weight excluding hydrogens is 348 g/mol. The monoisotopic (exact) mass is 380 g/mol. The van der Waals surface area contributed by atoms with Gasteiger partial charge in [0.25, 0.3) is 0 Å². The van der Waals surface area contributed by atoms with Crippen LogP contribution < -0.4 is 4.74 Å². The summed E-state index contributed by atoms with van der Waals surface area (Å²) in [7, 11) is 0. The first kappa shape index (κ1) is 19.4. The van der Waals surface area contributed by atoms with Gasteiger partial charge in [0.2, 0.25) is 0 Å². The highest BCUT2D eigenvalue weighted by molar-refractivity contribution is 5.29. The lowest BCUT2D eigenvalue weighted by atomic mass is 9.93. The van der Waals surface area contributed by atoms with Crippen LogP contribution in [-0.4, -0.2) is 54.2 Å². The van der Waals surface area contributed by atoms with Gasteiger partial charge in [-0.15, -0.1) is 0 Å². The average molecular weight is 381 g/mol. The molecule has 0 aliphatic carbocycles. The van der Waals surface area contributed by atoms with Crippen LogP contribution in [0.3, 0.4) is 0 Å². The van der Waals surface area contributed by atoms with E-state index in [4.69, 9.17) is 4.74 Å². The lowest BCUT2D eigenvalue weighted by molar-refractivity contribution is 0.0453. The number of rotatable bonds is 7. The summed E-state index contributed by atoms with van der Waals surface area (Å²) in [5.41, 5.74) is 1.53. The fourth-order valence-electron chi connectivity index (χ4n) is 4.46. The summed E-state index contributed by atoms with van der Waals surface area (Å²) in [6.07, 6.45) is 4.79. The Morgan fingerprint density at radius 3 is 2.54 bits per heavy atom. The maximum atomic E-state index is 11.0. The minimum Gasteiger partial charge on any atom is -0.492 e. The highest BCUT2D eigenvalue weighted by Crippen LogP contribution is 2.32. The second-order valence-corrected chi connectivity index (χ2v) is 8.26. The Labute approximate surface area is 168 Å². The van der Waals surface area contributed by atoms with E-state index in [2.05, 4.69) is 28.0 Å². The van der Waals surface area contributed by atoms with Crippen molar-refractivity contribution in [3.63, 3.8) is 0 Å². The molecule has 2 aliphatic heterocycles. The Balaban J connectivity index is 1.29. The van der Waals surface area contributed by atoms with Gasteiger partial charge in [-0.3, -0.25) is 9.80 Å². The zero-order valence-electron chi connectivity index (χ0n) is 16.7. The van der Waals surface area contributed by atoms with E-state index in [0.717, 1.165) is 44.0 Å². The van der Waals surface area contributed by atoms with Crippen molar-refractivity contribution >= 4 is 0 Å². The van der Waals surface area contributed by atoms with Crippen LogP contribution in [0.2, 0.25) is 0 Å². The summed E-state index contributed by atoms with van der Waals surface area (Å²) in [4.78, 5) is 4.84. The van der Waals surface area contributed by atoms with Gasteiger partial charge >= 0.3 is 0 Å². The first-order chi connectivity index (χ1) is 13.7. The molecule has 0 aromatic heterocycles. The number of hydrogen-bond acceptors (Lipinski definition) is 4. The van der Waals surface area contributed by atoms with Gasteiger partial charge in [-0.1, -0.05) is 48.9 Å². The lowest BCUT2D eigenvalue weighted by Crippen LogP contribution is -2.33. The number of nitrogens with zero attached hydrogens (tertiary/aromatic N) is 2. The maximum Gasteiger partial charge on any atom is 0.119 e. The number of aliphatic hydroxyl groups is 1. The number of likely N-dealkylation sites (tertiary alicyclic amines) is 2. The quantitative estimate of drug-likeness (QED) is 0.795. The number of ether oxygens (including phenoxy) is 1. The molecule has 150 valence electrons. The molecule has 2 saturated heterocycles. The van der Waals surface area contributed by atoms with Gasteiger partial charge in [-0.2, -0.15) is 0 Å². The summed E-state index contributed by atoms with van der Waals surface area (Å²) in [5, 5.41) is 11.0. The smallest absolute Gasteiger partial charge is 0.119 e. The van der Waals surface area contributed by atoms with Gasteiger partial charge in [0.1, 0.15) is 18.0 Å². The number of β-amino-alcohol motifs (C(OH)–C–C–N with tert-alkyl or cyclic N) is 1. The summed E-state index contributed by atoms with van der Waals surface area (Å²) in [5.74, 6) is 0.951. The first-order valence-electron chi connectivity index (χ1n) is 10.7. The zero-order chi connectivity index (χ0) is 19.2. The number of benzene rings is 2. The van der Waals surface area contributed by atoms with Gasteiger partial charge in [0.15, 0.2) is 0 Å². The SMILES string of the molecule is OC1(c2ccccc2)CCN(Cc2cccc(OCCN3CCCCC3)c2)C1. The van der Waals surface area contributed by atoms with Crippen LogP contribution in [0.4, 0.5) is 0 Å². The summed E-state index contributed by atoms with van der Waals surface area (Å²) >= 11 is 0. The maximum absolute atomic E-state index is 11.0. The van der Waals surface area contributed by atoms with Crippen molar-refractivity contribution in [2.24, 2.45) is 0 Å². The Morgan fingerprint density at radius 1 is 0.893 bits per heavy atom. The van der Waals surface area contributed by atoms with Crippen LogP contribution in [0.5, 0.6) is 5.75 Å². The second kappa shape index (κ2) is 9.08. The largest absolute Gasteiger partial charge is 0.492 e. The molecule has 0 radical (unpaired) electrons. The molecule has 1 atom stereocenters. The minimum atomic E-state index is -0.732. The van der Waals surface area contributed by atoms with E-state index in [-0.39, 0.29) is 0 Å². The van der Waals surface area contributed by atoms with Crippen molar-refractivity contribution in [1.82, 2.24) is 9.80 Å². The van der Waals surface area contributed by atoms with Crippen LogP contribution in [-0.2, 0) is 12.1 Å². The van der Waals surface area contributed by atoms with E-state index in [1.54, 1.807) is 0 Å². The molecule has 0 saturated carbocycles. The fourth-order valence-corrected chi connectivity index (χ4v) is 4.46. The van der Waals surface area contributed by atoms with E-state index in [1.807, 2.05) is 36.4 Å². The van der Waals surface area contributed by atoms with Crippen molar-refractivity contribution in [3.8, 4) is 5.75 Å². The van der Waals surface area contributed by atoms with Crippen molar-refractivity contribution < 1.29 is 9.84 Å². The molecule has 28 heavy (non-hydrogen) atoms. The standard InChI is InChI=1S/C24H32N2O2/c27-24(22-9-3-1-4-10-22)12-15-26(20-24)19-21-8-7-11-23(18-21)28-17-16-25-13-5-2-6-14-25/h1,3-4,7-11,18,27H,2,5-6,12-17,19-20H2. The normalized spacial score (nSPS) is 23.8. The Morgan fingerprint density at radius 2 is 1.71 bits per heavy atom. The van der Waals surface area contributed by atoms with Gasteiger partial charge in [-0.25, -0.2) is 0 Å². The van der Waals surface area contributed by atoms with Crippen LogP contribution >= 0.6 is 0 Å². The van der Waals surface area contributed by atoms with E-state index < -0.39 is 5.60 Å². The molecule has 1 N–H and O–H groups in total. The molecule has 2 heterocycles. The fraction of sp³-hybridized carbons (Fsp3) is 0.500. The number of hydrogen-bond donors (Lipinski definition) is 1. The third kappa shape index (κ3) is 4.93. The third-order valence-corrected chi connectivity index (χ3v) is 6.07. The molecule has 0 bridgehead atoms. The van der Waals surface area contributed by atoms with Crippen molar-refractivity contribution in [2.75, 3.05) is 39.3 Å². The minimum absolute atomic E-state index is 0.678. The van der Waals surface area contributed by atoms with Crippen molar-refractivity contribution in [2.45, 2.75) is 37.8 Å². The molecule has 4 nitrogen and oxygen atoms in total. The average Bonchev–Trinajstić information content (AvgIpc) is 3.12. The van der Waals surface area contributed by atoms with Gasteiger partial charge < -0.3 is 9.84 Å². The van der Waals surface area contributed by atoms with E-state index >= 15 is 0 Å². The van der Waals surface area contributed by atoms with E-state index in [1.165, 1.54) is 37.9 Å². The lowest BCUT2D eigenvalue weighted by Gasteiger charge is -2.26. The molecule has 2 fully saturated rings. The molecule has 1 unspecified atom stereocenters. The third-order valence-electron chi connectivity index (χ3n) is 6.07. The molecular formula is C24H32N2O2.